The Bertz CT molecular complexity index is 1590. The lowest BCUT2D eigenvalue weighted by molar-refractivity contribution is -0.116. The molecule has 4 rings (SSSR count). The molecule has 2 amide bonds. The van der Waals surface area contributed by atoms with Crippen molar-refractivity contribution in [2.45, 2.75) is 33.4 Å². The van der Waals surface area contributed by atoms with Crippen molar-refractivity contribution in [2.24, 2.45) is 0 Å². The van der Waals surface area contributed by atoms with Crippen LogP contribution in [0, 0.1) is 6.92 Å². The third-order valence-corrected chi connectivity index (χ3v) is 6.72. The number of methoxy groups -OCH3 is 1. The summed E-state index contributed by atoms with van der Waals surface area (Å²) in [5, 5.41) is 5.76. The Morgan fingerprint density at radius 3 is 2.58 bits per heavy atom. The molecule has 0 fully saturated rings. The molecule has 0 aliphatic carbocycles. The molecule has 2 N–H and O–H groups in total. The topological polar surface area (TPSA) is 129 Å². The van der Waals surface area contributed by atoms with Gasteiger partial charge in [0, 0.05) is 5.69 Å². The summed E-state index contributed by atoms with van der Waals surface area (Å²) in [5.41, 5.74) is 1.22. The van der Waals surface area contributed by atoms with E-state index in [9.17, 15) is 19.2 Å². The molecule has 0 saturated heterocycles. The Morgan fingerprint density at radius 2 is 1.84 bits per heavy atom. The highest BCUT2D eigenvalue weighted by Gasteiger charge is 2.21. The first-order chi connectivity index (χ1) is 18.2. The van der Waals surface area contributed by atoms with Gasteiger partial charge in [-0.15, -0.1) is 11.3 Å². The van der Waals surface area contributed by atoms with E-state index in [1.165, 1.54) is 24.1 Å². The van der Waals surface area contributed by atoms with E-state index in [0.29, 0.717) is 38.0 Å². The van der Waals surface area contributed by atoms with Gasteiger partial charge in [-0.2, -0.15) is 0 Å². The number of aromatic nitrogens is 2. The van der Waals surface area contributed by atoms with Crippen molar-refractivity contribution < 1.29 is 23.9 Å². The van der Waals surface area contributed by atoms with E-state index < -0.39 is 23.3 Å². The molecular formula is C27H26N4O6S. The maximum absolute atomic E-state index is 13.2. The van der Waals surface area contributed by atoms with Crippen LogP contribution in [0.15, 0.2) is 59.7 Å². The van der Waals surface area contributed by atoms with Crippen LogP contribution in [0.3, 0.4) is 0 Å². The van der Waals surface area contributed by atoms with Gasteiger partial charge in [-0.1, -0.05) is 18.2 Å². The van der Waals surface area contributed by atoms with Crippen molar-refractivity contribution in [3.63, 3.8) is 0 Å². The Kier molecular flexibility index (Phi) is 7.87. The number of nitrogens with one attached hydrogen (secondary N) is 2. The second kappa shape index (κ2) is 11.3. The SMILES string of the molecule is COc1ccccc1NC(=O)c1sc2ncn(CC(=O)Nc3cccc(C(=O)OC(C)C)c3)c(=O)c2c1C. The van der Waals surface area contributed by atoms with Gasteiger partial charge < -0.3 is 20.1 Å². The summed E-state index contributed by atoms with van der Waals surface area (Å²) in [6.45, 7) is 4.86. The highest BCUT2D eigenvalue weighted by molar-refractivity contribution is 7.20. The molecule has 0 atom stereocenters. The third kappa shape index (κ3) is 5.73. The number of aryl methyl sites for hydroxylation is 1. The number of thiophene rings is 1. The van der Waals surface area contributed by atoms with Crippen LogP contribution in [0.5, 0.6) is 5.75 Å². The van der Waals surface area contributed by atoms with Crippen molar-refractivity contribution in [1.29, 1.82) is 0 Å². The zero-order valence-corrected chi connectivity index (χ0v) is 22.0. The van der Waals surface area contributed by atoms with Gasteiger partial charge in [0.2, 0.25) is 5.91 Å². The fourth-order valence-electron chi connectivity index (χ4n) is 3.78. The number of hydrogen-bond acceptors (Lipinski definition) is 8. The van der Waals surface area contributed by atoms with Crippen LogP contribution < -0.4 is 20.9 Å². The fourth-order valence-corrected chi connectivity index (χ4v) is 4.81. The average molecular weight is 535 g/mol. The van der Waals surface area contributed by atoms with Gasteiger partial charge in [0.1, 0.15) is 17.1 Å². The highest BCUT2D eigenvalue weighted by atomic mass is 32.1. The van der Waals surface area contributed by atoms with E-state index in [1.54, 1.807) is 63.2 Å². The average Bonchev–Trinajstić information content (AvgIpc) is 3.23. The normalized spacial score (nSPS) is 10.9. The Balaban J connectivity index is 1.53. The number of fused-ring (bicyclic) bond motifs is 1. The zero-order chi connectivity index (χ0) is 27.4. The van der Waals surface area contributed by atoms with Crippen LogP contribution in [0.4, 0.5) is 11.4 Å². The van der Waals surface area contributed by atoms with Gasteiger partial charge in [-0.05, 0) is 56.7 Å². The van der Waals surface area contributed by atoms with Crippen molar-refractivity contribution >= 4 is 50.7 Å². The number of hydrogen-bond donors (Lipinski definition) is 2. The predicted molar refractivity (Wildman–Crippen MR) is 145 cm³/mol. The molecule has 2 heterocycles. The smallest absolute Gasteiger partial charge is 0.338 e. The number of carbonyl (C=O) groups excluding carboxylic acids is 3. The number of nitrogens with zero attached hydrogens (tertiary/aromatic N) is 2. The summed E-state index contributed by atoms with van der Waals surface area (Å²) >= 11 is 1.10. The van der Waals surface area contributed by atoms with Crippen molar-refractivity contribution in [3.05, 3.63) is 81.2 Å². The molecular weight excluding hydrogens is 508 g/mol. The number of benzene rings is 2. The molecule has 2 aromatic heterocycles. The first-order valence-corrected chi connectivity index (χ1v) is 12.5. The van der Waals surface area contributed by atoms with Crippen molar-refractivity contribution in [2.75, 3.05) is 17.7 Å². The van der Waals surface area contributed by atoms with Crippen LogP contribution in [0.25, 0.3) is 10.2 Å². The molecule has 38 heavy (non-hydrogen) atoms. The van der Waals surface area contributed by atoms with Crippen molar-refractivity contribution in [3.8, 4) is 5.75 Å². The first kappa shape index (κ1) is 26.6. The Morgan fingerprint density at radius 1 is 1.08 bits per heavy atom. The predicted octanol–water partition coefficient (Wildman–Crippen LogP) is 4.23. The monoisotopic (exact) mass is 534 g/mol. The molecule has 2 aromatic carbocycles. The molecule has 4 aromatic rings. The zero-order valence-electron chi connectivity index (χ0n) is 21.2. The second-order valence-corrected chi connectivity index (χ2v) is 9.65. The van der Waals surface area contributed by atoms with Gasteiger partial charge >= 0.3 is 5.97 Å². The molecule has 0 aliphatic rings. The number of rotatable bonds is 8. The van der Waals surface area contributed by atoms with Gasteiger partial charge in [-0.3, -0.25) is 19.0 Å². The van der Waals surface area contributed by atoms with Gasteiger partial charge in [0.25, 0.3) is 11.5 Å². The van der Waals surface area contributed by atoms with E-state index in [2.05, 4.69) is 15.6 Å². The van der Waals surface area contributed by atoms with Gasteiger partial charge in [-0.25, -0.2) is 9.78 Å². The maximum atomic E-state index is 13.2. The highest BCUT2D eigenvalue weighted by Crippen LogP contribution is 2.29. The lowest BCUT2D eigenvalue weighted by Crippen LogP contribution is -2.28. The van der Waals surface area contributed by atoms with Crippen molar-refractivity contribution in [1.82, 2.24) is 9.55 Å². The van der Waals surface area contributed by atoms with Crippen LogP contribution in [-0.2, 0) is 16.1 Å². The maximum Gasteiger partial charge on any atom is 0.338 e. The number of esters is 1. The van der Waals surface area contributed by atoms with E-state index in [1.807, 2.05) is 0 Å². The van der Waals surface area contributed by atoms with Crippen LogP contribution in [0.2, 0.25) is 0 Å². The molecule has 0 bridgehead atoms. The minimum atomic E-state index is -0.500. The largest absolute Gasteiger partial charge is 0.495 e. The van der Waals surface area contributed by atoms with Crippen LogP contribution >= 0.6 is 11.3 Å². The number of para-hydroxylation sites is 2. The molecule has 10 nitrogen and oxygen atoms in total. The molecule has 196 valence electrons. The summed E-state index contributed by atoms with van der Waals surface area (Å²) < 4.78 is 11.6. The molecule has 0 aliphatic heterocycles. The second-order valence-electron chi connectivity index (χ2n) is 8.65. The Labute approximate surface area is 222 Å². The van der Waals surface area contributed by atoms with Crippen LogP contribution in [-0.4, -0.2) is 40.5 Å². The van der Waals surface area contributed by atoms with Crippen LogP contribution in [0.1, 0.15) is 39.4 Å². The summed E-state index contributed by atoms with van der Waals surface area (Å²) in [7, 11) is 1.51. The third-order valence-electron chi connectivity index (χ3n) is 5.52. The molecule has 0 radical (unpaired) electrons. The number of anilines is 2. The molecule has 0 spiro atoms. The minimum absolute atomic E-state index is 0.272. The van der Waals surface area contributed by atoms with Gasteiger partial charge in [0.05, 0.1) is 41.1 Å². The lowest BCUT2D eigenvalue weighted by atomic mass is 10.2. The molecule has 0 unspecified atom stereocenters. The Hall–Kier alpha value is -4.51. The first-order valence-electron chi connectivity index (χ1n) is 11.7. The summed E-state index contributed by atoms with van der Waals surface area (Å²) in [6.07, 6.45) is 1.00. The van der Waals surface area contributed by atoms with Gasteiger partial charge in [0.15, 0.2) is 0 Å². The number of amides is 2. The van der Waals surface area contributed by atoms with E-state index in [4.69, 9.17) is 9.47 Å². The number of ether oxygens (including phenoxy) is 2. The summed E-state index contributed by atoms with van der Waals surface area (Å²) in [6, 6.07) is 13.3. The van der Waals surface area contributed by atoms with E-state index >= 15 is 0 Å². The minimum Gasteiger partial charge on any atom is -0.495 e. The standard InChI is InChI=1S/C27H26N4O6S/c1-15(2)37-27(35)17-8-7-9-18(12-17)29-21(32)13-31-14-28-25-22(26(31)34)16(3)23(38-25)24(33)30-19-10-5-6-11-20(19)36-4/h5-12,14-15H,13H2,1-4H3,(H,29,32)(H,30,33). The quantitative estimate of drug-likeness (QED) is 0.324. The molecule has 11 heteroatoms. The lowest BCUT2D eigenvalue weighted by Gasteiger charge is -2.10. The molecule has 0 saturated carbocycles. The number of carbonyl (C=O) groups is 3. The summed E-state index contributed by atoms with van der Waals surface area (Å²) in [5.74, 6) is -0.867. The fraction of sp³-hybridized carbons (Fsp3) is 0.222. The van der Waals surface area contributed by atoms with E-state index in [0.717, 1.165) is 11.3 Å². The van der Waals surface area contributed by atoms with E-state index in [-0.39, 0.29) is 18.0 Å². The summed E-state index contributed by atoms with van der Waals surface area (Å²) in [4.78, 5) is 56.1.